The van der Waals surface area contributed by atoms with E-state index < -0.39 is 21.5 Å². The number of hydrogen-bond donors (Lipinski definition) is 1. The average molecular weight is 337 g/mol. The van der Waals surface area contributed by atoms with Gasteiger partial charge in [-0.15, -0.1) is 0 Å². The molecular weight excluding hydrogens is 318 g/mol. The second kappa shape index (κ2) is 5.74. The fraction of sp³-hybridized carbons (Fsp3) is 0.438. The third-order valence-corrected chi connectivity index (χ3v) is 6.67. The predicted molar refractivity (Wildman–Crippen MR) is 84.0 cm³/mol. The maximum Gasteiger partial charge on any atom is 0.335 e. The van der Waals surface area contributed by atoms with E-state index in [9.17, 15) is 13.2 Å². The maximum atomic E-state index is 13.1. The molecule has 1 aromatic rings. The summed E-state index contributed by atoms with van der Waals surface area (Å²) in [5, 5.41) is 9.03. The number of nitrogens with zero attached hydrogens (tertiary/aromatic N) is 1. The van der Waals surface area contributed by atoms with Crippen LogP contribution in [-0.2, 0) is 14.8 Å². The number of benzene rings is 1. The Kier molecular flexibility index (Phi) is 4.03. The van der Waals surface area contributed by atoms with Crippen LogP contribution < -0.4 is 0 Å². The van der Waals surface area contributed by atoms with E-state index in [-0.39, 0.29) is 10.5 Å². The minimum Gasteiger partial charge on any atom is -0.478 e. The highest BCUT2D eigenvalue weighted by Crippen LogP contribution is 2.37. The van der Waals surface area contributed by atoms with Crippen LogP contribution >= 0.6 is 0 Å². The number of hydrogen-bond acceptors (Lipinski definition) is 4. The molecule has 1 aromatic carbocycles. The van der Waals surface area contributed by atoms with E-state index in [1.165, 1.54) is 22.5 Å². The fourth-order valence-corrected chi connectivity index (χ4v) is 5.22. The van der Waals surface area contributed by atoms with E-state index in [0.29, 0.717) is 38.2 Å². The van der Waals surface area contributed by atoms with Crippen molar-refractivity contribution in [3.05, 3.63) is 41.5 Å². The largest absolute Gasteiger partial charge is 0.478 e. The van der Waals surface area contributed by atoms with Gasteiger partial charge in [-0.1, -0.05) is 12.2 Å². The van der Waals surface area contributed by atoms with Crippen LogP contribution in [0.25, 0.3) is 0 Å². The van der Waals surface area contributed by atoms with Crippen LogP contribution in [-0.4, -0.2) is 49.1 Å². The van der Waals surface area contributed by atoms with Gasteiger partial charge in [0.05, 0.1) is 22.6 Å². The zero-order valence-electron chi connectivity index (χ0n) is 12.9. The summed E-state index contributed by atoms with van der Waals surface area (Å²) in [4.78, 5) is 11.2. The summed E-state index contributed by atoms with van der Waals surface area (Å²) < 4.78 is 33.3. The Hall–Kier alpha value is -1.70. The number of aromatic carboxylic acids is 1. The first-order chi connectivity index (χ1) is 10.9. The summed E-state index contributed by atoms with van der Waals surface area (Å²) in [6.45, 7) is 2.88. The Morgan fingerprint density at radius 3 is 2.74 bits per heavy atom. The monoisotopic (exact) mass is 337 g/mol. The topological polar surface area (TPSA) is 83.9 Å². The van der Waals surface area contributed by atoms with Crippen molar-refractivity contribution in [3.63, 3.8) is 0 Å². The van der Waals surface area contributed by atoms with Gasteiger partial charge in [-0.2, -0.15) is 4.31 Å². The Balaban J connectivity index is 2.04. The smallest absolute Gasteiger partial charge is 0.335 e. The lowest BCUT2D eigenvalue weighted by atomic mass is 9.92. The van der Waals surface area contributed by atoms with E-state index in [0.717, 1.165) is 0 Å². The molecule has 1 atom stereocenters. The van der Waals surface area contributed by atoms with Crippen molar-refractivity contribution in [2.75, 3.05) is 19.8 Å². The molecule has 2 aliphatic heterocycles. The molecule has 3 rings (SSSR count). The molecule has 1 spiro atoms. The number of aryl methyl sites for hydroxylation is 1. The molecule has 7 heteroatoms. The standard InChI is InChI=1S/C16H19NO5S/c1-12-10-13(15(18)19)4-5-14(12)23(20,21)17-8-3-2-6-16(17)7-9-22-11-16/h2-5,10H,6-9,11H2,1H3,(H,18,19). The van der Waals surface area contributed by atoms with Crippen molar-refractivity contribution < 1.29 is 23.1 Å². The van der Waals surface area contributed by atoms with E-state index in [1.54, 1.807) is 6.92 Å². The van der Waals surface area contributed by atoms with Gasteiger partial charge in [-0.3, -0.25) is 0 Å². The molecule has 1 N–H and O–H groups in total. The van der Waals surface area contributed by atoms with Crippen molar-refractivity contribution in [2.45, 2.75) is 30.2 Å². The average Bonchev–Trinajstić information content (AvgIpc) is 2.95. The molecule has 2 heterocycles. The van der Waals surface area contributed by atoms with Gasteiger partial charge in [0, 0.05) is 13.2 Å². The lowest BCUT2D eigenvalue weighted by Gasteiger charge is -2.40. The first kappa shape index (κ1) is 16.2. The van der Waals surface area contributed by atoms with Gasteiger partial charge in [0.15, 0.2) is 0 Å². The zero-order valence-corrected chi connectivity index (χ0v) is 13.7. The number of rotatable bonds is 3. The SMILES string of the molecule is Cc1cc(C(=O)O)ccc1S(=O)(=O)N1CC=CCC12CCOC2. The number of carboxylic acid groups (broad SMARTS) is 1. The molecule has 1 unspecified atom stereocenters. The highest BCUT2D eigenvalue weighted by Gasteiger charge is 2.47. The minimum absolute atomic E-state index is 0.0823. The molecule has 23 heavy (non-hydrogen) atoms. The molecule has 0 bridgehead atoms. The third kappa shape index (κ3) is 2.69. The second-order valence-corrected chi connectivity index (χ2v) is 7.85. The Bertz CT molecular complexity index is 763. The molecule has 1 fully saturated rings. The van der Waals surface area contributed by atoms with Gasteiger partial charge in [0.2, 0.25) is 10.0 Å². The van der Waals surface area contributed by atoms with Crippen LogP contribution in [0, 0.1) is 6.92 Å². The predicted octanol–water partition coefficient (Wildman–Crippen LogP) is 1.80. The van der Waals surface area contributed by atoms with Crippen molar-refractivity contribution in [3.8, 4) is 0 Å². The summed E-state index contributed by atoms with van der Waals surface area (Å²) in [5.41, 5.74) is -0.00157. The molecule has 2 aliphatic rings. The number of carboxylic acids is 1. The van der Waals surface area contributed by atoms with Gasteiger partial charge >= 0.3 is 5.97 Å². The first-order valence-electron chi connectivity index (χ1n) is 7.46. The molecule has 0 aliphatic carbocycles. The van der Waals surface area contributed by atoms with Crippen LogP contribution in [0.15, 0.2) is 35.2 Å². The van der Waals surface area contributed by atoms with E-state index in [2.05, 4.69) is 0 Å². The summed E-state index contributed by atoms with van der Waals surface area (Å²) in [6, 6.07) is 4.11. The van der Waals surface area contributed by atoms with Gasteiger partial charge in [-0.05, 0) is 43.5 Å². The van der Waals surface area contributed by atoms with Crippen LogP contribution in [0.4, 0.5) is 0 Å². The molecular formula is C16H19NO5S. The Morgan fingerprint density at radius 1 is 1.35 bits per heavy atom. The zero-order chi connectivity index (χ0) is 16.7. The molecule has 0 saturated carbocycles. The Labute approximate surface area is 135 Å². The molecule has 0 aromatic heterocycles. The normalized spacial score (nSPS) is 25.1. The van der Waals surface area contributed by atoms with Gasteiger partial charge in [0.1, 0.15) is 0 Å². The summed E-state index contributed by atoms with van der Waals surface area (Å²) in [7, 11) is -3.72. The summed E-state index contributed by atoms with van der Waals surface area (Å²) in [6.07, 6.45) is 5.16. The molecule has 0 amide bonds. The van der Waals surface area contributed by atoms with Crippen LogP contribution in [0.1, 0.15) is 28.8 Å². The quantitative estimate of drug-likeness (QED) is 0.850. The van der Waals surface area contributed by atoms with E-state index in [4.69, 9.17) is 9.84 Å². The molecule has 0 radical (unpaired) electrons. The highest BCUT2D eigenvalue weighted by molar-refractivity contribution is 7.89. The summed E-state index contributed by atoms with van der Waals surface area (Å²) in [5.74, 6) is -1.07. The lowest BCUT2D eigenvalue weighted by Crippen LogP contribution is -2.53. The third-order valence-electron chi connectivity index (χ3n) is 4.54. The maximum absolute atomic E-state index is 13.1. The van der Waals surface area contributed by atoms with Gasteiger partial charge in [-0.25, -0.2) is 13.2 Å². The van der Waals surface area contributed by atoms with Crippen molar-refractivity contribution in [2.24, 2.45) is 0 Å². The van der Waals surface area contributed by atoms with Crippen molar-refractivity contribution >= 4 is 16.0 Å². The molecule has 124 valence electrons. The van der Waals surface area contributed by atoms with E-state index in [1.807, 2.05) is 12.2 Å². The number of ether oxygens (including phenoxy) is 1. The Morgan fingerprint density at radius 2 is 2.13 bits per heavy atom. The van der Waals surface area contributed by atoms with Crippen molar-refractivity contribution in [1.29, 1.82) is 0 Å². The van der Waals surface area contributed by atoms with E-state index >= 15 is 0 Å². The molecule has 1 saturated heterocycles. The van der Waals surface area contributed by atoms with Crippen molar-refractivity contribution in [1.82, 2.24) is 4.31 Å². The van der Waals surface area contributed by atoms with Gasteiger partial charge < -0.3 is 9.84 Å². The van der Waals surface area contributed by atoms with Gasteiger partial charge in [0.25, 0.3) is 0 Å². The van der Waals surface area contributed by atoms with Crippen LogP contribution in [0.2, 0.25) is 0 Å². The molecule has 6 nitrogen and oxygen atoms in total. The van der Waals surface area contributed by atoms with Crippen LogP contribution in [0.5, 0.6) is 0 Å². The highest BCUT2D eigenvalue weighted by atomic mass is 32.2. The number of carbonyl (C=O) groups is 1. The van der Waals surface area contributed by atoms with Crippen LogP contribution in [0.3, 0.4) is 0 Å². The fourth-order valence-electron chi connectivity index (χ4n) is 3.27. The minimum atomic E-state index is -3.72. The summed E-state index contributed by atoms with van der Waals surface area (Å²) >= 11 is 0. The second-order valence-electron chi connectivity index (χ2n) is 6.02. The number of sulfonamides is 1. The first-order valence-corrected chi connectivity index (χ1v) is 8.90. The lowest BCUT2D eigenvalue weighted by molar-refractivity contribution is 0.0696.